The van der Waals surface area contributed by atoms with Crippen LogP contribution >= 0.6 is 0 Å². The van der Waals surface area contributed by atoms with Gasteiger partial charge in [0, 0.05) is 12.4 Å². The van der Waals surface area contributed by atoms with E-state index in [-0.39, 0.29) is 0 Å². The predicted octanol–water partition coefficient (Wildman–Crippen LogP) is 3.39. The van der Waals surface area contributed by atoms with E-state index in [1.54, 1.807) is 7.11 Å². The molecule has 0 saturated carbocycles. The van der Waals surface area contributed by atoms with Gasteiger partial charge in [0.25, 0.3) is 0 Å². The fraction of sp³-hybridized carbons (Fsp3) is 0.125. The average Bonchev–Trinajstić information content (AvgIpc) is 2.97. The lowest BCUT2D eigenvalue weighted by atomic mass is 10.1. The van der Waals surface area contributed by atoms with Crippen LogP contribution in [0.1, 0.15) is 5.56 Å². The summed E-state index contributed by atoms with van der Waals surface area (Å²) in [4.78, 5) is 0. The Hall–Kier alpha value is -2.42. The number of aromatic nitrogens is 1. The van der Waals surface area contributed by atoms with Gasteiger partial charge in [0.05, 0.1) is 13.7 Å². The molecule has 19 heavy (non-hydrogen) atoms. The number of methoxy groups -OCH3 is 1. The normalized spacial score (nSPS) is 10.6. The Labute approximate surface area is 112 Å². The minimum atomic E-state index is 0.802. The van der Waals surface area contributed by atoms with Gasteiger partial charge in [0.15, 0.2) is 0 Å². The molecule has 0 fully saturated rings. The second kappa shape index (κ2) is 5.06. The van der Waals surface area contributed by atoms with Crippen molar-refractivity contribution in [3.63, 3.8) is 0 Å². The summed E-state index contributed by atoms with van der Waals surface area (Å²) < 4.78 is 7.19. The zero-order valence-electron chi connectivity index (χ0n) is 10.8. The molecule has 0 aliphatic rings. The van der Waals surface area contributed by atoms with Crippen molar-refractivity contribution in [1.82, 2.24) is 4.68 Å². The second-order valence-electron chi connectivity index (χ2n) is 4.47. The van der Waals surface area contributed by atoms with Crippen LogP contribution in [0.25, 0.3) is 10.8 Å². The van der Waals surface area contributed by atoms with Crippen molar-refractivity contribution in [2.75, 3.05) is 12.5 Å². The summed E-state index contributed by atoms with van der Waals surface area (Å²) >= 11 is 0. The third-order valence-corrected chi connectivity index (χ3v) is 3.18. The fourth-order valence-corrected chi connectivity index (χ4v) is 2.13. The molecule has 0 aliphatic carbocycles. The lowest BCUT2D eigenvalue weighted by molar-refractivity contribution is 0.415. The summed E-state index contributed by atoms with van der Waals surface area (Å²) in [5, 5.41) is 2.43. The third kappa shape index (κ3) is 2.55. The van der Waals surface area contributed by atoms with E-state index >= 15 is 0 Å². The largest absolute Gasteiger partial charge is 0.497 e. The van der Waals surface area contributed by atoms with Crippen molar-refractivity contribution in [2.24, 2.45) is 0 Å². The Bertz CT molecular complexity index is 674. The van der Waals surface area contributed by atoms with Crippen LogP contribution in [0.5, 0.6) is 5.75 Å². The van der Waals surface area contributed by atoms with Crippen LogP contribution in [0.3, 0.4) is 0 Å². The highest BCUT2D eigenvalue weighted by atomic mass is 16.5. The molecule has 0 radical (unpaired) electrons. The van der Waals surface area contributed by atoms with E-state index < -0.39 is 0 Å². The highest BCUT2D eigenvalue weighted by Gasteiger charge is 1.99. The number of rotatable bonds is 4. The SMILES string of the molecule is COc1ccc2cc(CNn3cccc3)ccc2c1. The molecular weight excluding hydrogens is 236 g/mol. The molecule has 2 aromatic carbocycles. The molecule has 0 aliphatic heterocycles. The maximum atomic E-state index is 5.23. The van der Waals surface area contributed by atoms with Crippen molar-refractivity contribution in [3.8, 4) is 5.75 Å². The molecule has 3 aromatic rings. The van der Waals surface area contributed by atoms with Gasteiger partial charge in [-0.25, -0.2) is 0 Å². The van der Waals surface area contributed by atoms with Gasteiger partial charge in [-0.15, -0.1) is 0 Å². The van der Waals surface area contributed by atoms with Crippen LogP contribution < -0.4 is 10.2 Å². The van der Waals surface area contributed by atoms with E-state index in [0.29, 0.717) is 0 Å². The van der Waals surface area contributed by atoms with E-state index in [1.165, 1.54) is 16.3 Å². The fourth-order valence-electron chi connectivity index (χ4n) is 2.13. The van der Waals surface area contributed by atoms with Gasteiger partial charge in [-0.1, -0.05) is 18.2 Å². The zero-order chi connectivity index (χ0) is 13.1. The van der Waals surface area contributed by atoms with Gasteiger partial charge in [0.1, 0.15) is 5.75 Å². The zero-order valence-corrected chi connectivity index (χ0v) is 10.8. The van der Waals surface area contributed by atoms with Crippen LogP contribution in [-0.2, 0) is 6.54 Å². The molecule has 1 heterocycles. The Morgan fingerprint density at radius 2 is 1.74 bits per heavy atom. The van der Waals surface area contributed by atoms with Crippen LogP contribution in [0.15, 0.2) is 60.9 Å². The minimum Gasteiger partial charge on any atom is -0.497 e. The molecule has 0 atom stereocenters. The van der Waals surface area contributed by atoms with Crippen molar-refractivity contribution >= 4 is 10.8 Å². The first kappa shape index (κ1) is 11.7. The Balaban J connectivity index is 1.81. The third-order valence-electron chi connectivity index (χ3n) is 3.18. The highest BCUT2D eigenvalue weighted by molar-refractivity contribution is 5.84. The van der Waals surface area contributed by atoms with Crippen LogP contribution in [0.2, 0.25) is 0 Å². The van der Waals surface area contributed by atoms with Crippen molar-refractivity contribution in [1.29, 1.82) is 0 Å². The topological polar surface area (TPSA) is 26.2 Å². The van der Waals surface area contributed by atoms with Gasteiger partial charge in [0.2, 0.25) is 0 Å². The molecule has 0 bridgehead atoms. The van der Waals surface area contributed by atoms with Gasteiger partial charge >= 0.3 is 0 Å². The molecule has 1 N–H and O–H groups in total. The molecule has 0 spiro atoms. The molecule has 0 unspecified atom stereocenters. The Morgan fingerprint density at radius 1 is 1.00 bits per heavy atom. The van der Waals surface area contributed by atoms with Crippen molar-refractivity contribution in [3.05, 3.63) is 66.5 Å². The number of benzene rings is 2. The first-order valence-corrected chi connectivity index (χ1v) is 6.29. The van der Waals surface area contributed by atoms with E-state index in [1.807, 2.05) is 35.3 Å². The number of hydrogen-bond donors (Lipinski definition) is 1. The first-order valence-electron chi connectivity index (χ1n) is 6.29. The highest BCUT2D eigenvalue weighted by Crippen LogP contribution is 2.21. The van der Waals surface area contributed by atoms with E-state index in [4.69, 9.17) is 4.74 Å². The summed E-state index contributed by atoms with van der Waals surface area (Å²) in [5.74, 6) is 0.894. The maximum absolute atomic E-state index is 5.23. The van der Waals surface area contributed by atoms with Crippen LogP contribution in [-0.4, -0.2) is 11.8 Å². The molecular formula is C16H16N2O. The maximum Gasteiger partial charge on any atom is 0.119 e. The van der Waals surface area contributed by atoms with Gasteiger partial charge in [-0.2, -0.15) is 0 Å². The summed E-state index contributed by atoms with van der Waals surface area (Å²) in [6.45, 7) is 0.802. The smallest absolute Gasteiger partial charge is 0.119 e. The van der Waals surface area contributed by atoms with Crippen molar-refractivity contribution < 1.29 is 4.74 Å². The lowest BCUT2D eigenvalue weighted by Crippen LogP contribution is -2.11. The second-order valence-corrected chi connectivity index (χ2v) is 4.47. The van der Waals surface area contributed by atoms with Crippen LogP contribution in [0, 0.1) is 0 Å². The molecule has 3 heteroatoms. The molecule has 96 valence electrons. The summed E-state index contributed by atoms with van der Waals surface area (Å²) in [6.07, 6.45) is 3.98. The van der Waals surface area contributed by atoms with Gasteiger partial charge in [-0.05, 0) is 46.7 Å². The van der Waals surface area contributed by atoms with Gasteiger partial charge in [-0.3, -0.25) is 4.68 Å². The first-order chi connectivity index (χ1) is 9.35. The monoisotopic (exact) mass is 252 g/mol. The number of nitrogens with zero attached hydrogens (tertiary/aromatic N) is 1. The number of ether oxygens (including phenoxy) is 1. The molecule has 3 rings (SSSR count). The summed E-state index contributed by atoms with van der Waals surface area (Å²) in [6, 6.07) is 16.6. The molecule has 1 aromatic heterocycles. The van der Waals surface area contributed by atoms with E-state index in [0.717, 1.165) is 12.3 Å². The van der Waals surface area contributed by atoms with E-state index in [2.05, 4.69) is 35.8 Å². The quantitative estimate of drug-likeness (QED) is 0.770. The van der Waals surface area contributed by atoms with Crippen molar-refractivity contribution in [2.45, 2.75) is 6.54 Å². The number of hydrogen-bond acceptors (Lipinski definition) is 2. The lowest BCUT2D eigenvalue weighted by Gasteiger charge is -2.09. The number of fused-ring (bicyclic) bond motifs is 1. The summed E-state index contributed by atoms with van der Waals surface area (Å²) in [5.41, 5.74) is 4.58. The van der Waals surface area contributed by atoms with E-state index in [9.17, 15) is 0 Å². The molecule has 3 nitrogen and oxygen atoms in total. The predicted molar refractivity (Wildman–Crippen MR) is 78.0 cm³/mol. The Kier molecular flexibility index (Phi) is 3.11. The standard InChI is InChI=1S/C16H16N2O/c1-19-16-7-6-14-10-13(4-5-15(14)11-16)12-17-18-8-2-3-9-18/h2-11,17H,12H2,1H3. The molecule has 0 amide bonds. The molecule has 0 saturated heterocycles. The Morgan fingerprint density at radius 3 is 2.53 bits per heavy atom. The summed E-state index contributed by atoms with van der Waals surface area (Å²) in [7, 11) is 1.69. The minimum absolute atomic E-state index is 0.802. The van der Waals surface area contributed by atoms with Gasteiger partial charge < -0.3 is 10.2 Å². The average molecular weight is 252 g/mol. The number of nitrogens with one attached hydrogen (secondary N) is 1. The van der Waals surface area contributed by atoms with Crippen LogP contribution in [0.4, 0.5) is 0 Å².